The highest BCUT2D eigenvalue weighted by atomic mass is 32.2. The van der Waals surface area contributed by atoms with E-state index in [1.54, 1.807) is 6.20 Å². The second kappa shape index (κ2) is 8.01. The van der Waals surface area contributed by atoms with Crippen molar-refractivity contribution in [1.29, 1.82) is 0 Å². The van der Waals surface area contributed by atoms with Crippen LogP contribution < -0.4 is 10.6 Å². The number of amides is 2. The molecule has 132 valence electrons. The molecule has 5 nitrogen and oxygen atoms in total. The van der Waals surface area contributed by atoms with Crippen molar-refractivity contribution in [3.8, 4) is 0 Å². The van der Waals surface area contributed by atoms with Gasteiger partial charge in [-0.25, -0.2) is 0 Å². The Balaban J connectivity index is 1.67. The van der Waals surface area contributed by atoms with Gasteiger partial charge in [0.25, 0.3) is 0 Å². The fraction of sp³-hybridized carbons (Fsp3) is 0.150. The fourth-order valence-electron chi connectivity index (χ4n) is 2.52. The molecule has 0 saturated carbocycles. The van der Waals surface area contributed by atoms with Crippen LogP contribution in [-0.2, 0) is 9.59 Å². The third-order valence-corrected chi connectivity index (χ3v) is 4.87. The summed E-state index contributed by atoms with van der Waals surface area (Å²) in [7, 11) is 0. The number of aromatic nitrogens is 1. The number of nitrogens with zero attached hydrogens (tertiary/aromatic N) is 1. The van der Waals surface area contributed by atoms with E-state index in [4.69, 9.17) is 0 Å². The number of hydrogen-bond acceptors (Lipinski definition) is 4. The lowest BCUT2D eigenvalue weighted by atomic mass is 10.2. The Kier molecular flexibility index (Phi) is 5.53. The van der Waals surface area contributed by atoms with Crippen molar-refractivity contribution in [3.63, 3.8) is 0 Å². The largest absolute Gasteiger partial charge is 0.326 e. The smallest absolute Gasteiger partial charge is 0.237 e. The van der Waals surface area contributed by atoms with E-state index in [1.165, 1.54) is 18.7 Å². The second-order valence-electron chi connectivity index (χ2n) is 5.83. The lowest BCUT2D eigenvalue weighted by Gasteiger charge is -2.13. The molecule has 0 spiro atoms. The molecule has 0 aliphatic rings. The second-order valence-corrected chi connectivity index (χ2v) is 7.24. The van der Waals surface area contributed by atoms with Gasteiger partial charge in [0.1, 0.15) is 0 Å². The first-order valence-corrected chi connectivity index (χ1v) is 9.10. The number of anilines is 2. The van der Waals surface area contributed by atoms with Crippen molar-refractivity contribution in [3.05, 3.63) is 60.8 Å². The standard InChI is InChI=1S/C20H19N3O2S/c1-13(26-16-10-8-15(9-11-16)22-14(2)24)20(25)23-19-7-3-6-18-17(19)5-4-12-21-18/h3-13H,1-2H3,(H,22,24)(H,23,25). The average molecular weight is 365 g/mol. The quantitative estimate of drug-likeness (QED) is 0.661. The Labute approximate surface area is 156 Å². The normalized spacial score (nSPS) is 11.8. The molecule has 0 fully saturated rings. The molecule has 0 bridgehead atoms. The Morgan fingerprint density at radius 2 is 1.77 bits per heavy atom. The van der Waals surface area contributed by atoms with Crippen LogP contribution >= 0.6 is 11.8 Å². The van der Waals surface area contributed by atoms with Gasteiger partial charge in [-0.05, 0) is 55.5 Å². The monoisotopic (exact) mass is 365 g/mol. The number of pyridine rings is 1. The van der Waals surface area contributed by atoms with Crippen molar-refractivity contribution in [2.45, 2.75) is 24.0 Å². The molecular formula is C20H19N3O2S. The number of nitrogens with one attached hydrogen (secondary N) is 2. The average Bonchev–Trinajstić information content (AvgIpc) is 2.63. The molecule has 0 aliphatic carbocycles. The summed E-state index contributed by atoms with van der Waals surface area (Å²) in [5.74, 6) is -0.181. The van der Waals surface area contributed by atoms with Crippen molar-refractivity contribution in [1.82, 2.24) is 4.98 Å². The first kappa shape index (κ1) is 17.9. The number of fused-ring (bicyclic) bond motifs is 1. The van der Waals surface area contributed by atoms with Crippen molar-refractivity contribution in [2.24, 2.45) is 0 Å². The lowest BCUT2D eigenvalue weighted by molar-refractivity contribution is -0.115. The summed E-state index contributed by atoms with van der Waals surface area (Å²) >= 11 is 1.46. The van der Waals surface area contributed by atoms with Crippen LogP contribution in [0.1, 0.15) is 13.8 Å². The summed E-state index contributed by atoms with van der Waals surface area (Å²) in [6.07, 6.45) is 1.73. The molecule has 0 aliphatic heterocycles. The van der Waals surface area contributed by atoms with Crippen molar-refractivity contribution < 1.29 is 9.59 Å². The lowest BCUT2D eigenvalue weighted by Crippen LogP contribution is -2.22. The highest BCUT2D eigenvalue weighted by Gasteiger charge is 2.15. The van der Waals surface area contributed by atoms with Gasteiger partial charge in [-0.3, -0.25) is 14.6 Å². The van der Waals surface area contributed by atoms with E-state index in [0.717, 1.165) is 27.2 Å². The van der Waals surface area contributed by atoms with E-state index in [9.17, 15) is 9.59 Å². The molecular weight excluding hydrogens is 346 g/mol. The summed E-state index contributed by atoms with van der Waals surface area (Å²) in [6.45, 7) is 3.34. The van der Waals surface area contributed by atoms with Crippen LogP contribution in [-0.4, -0.2) is 22.0 Å². The Hall–Kier alpha value is -2.86. The van der Waals surface area contributed by atoms with Crippen LogP contribution in [0.15, 0.2) is 65.7 Å². The van der Waals surface area contributed by atoms with E-state index in [0.29, 0.717) is 0 Å². The minimum atomic E-state index is -0.270. The third kappa shape index (κ3) is 4.40. The van der Waals surface area contributed by atoms with E-state index >= 15 is 0 Å². The maximum absolute atomic E-state index is 12.6. The van der Waals surface area contributed by atoms with Crippen molar-refractivity contribution in [2.75, 3.05) is 10.6 Å². The number of carbonyl (C=O) groups excluding carboxylic acids is 2. The molecule has 6 heteroatoms. The predicted molar refractivity (Wildman–Crippen MR) is 106 cm³/mol. The molecule has 3 rings (SSSR count). The molecule has 1 heterocycles. The van der Waals surface area contributed by atoms with Gasteiger partial charge in [0, 0.05) is 29.1 Å². The minimum Gasteiger partial charge on any atom is -0.326 e. The predicted octanol–water partition coefficient (Wildman–Crippen LogP) is 4.31. The fourth-order valence-corrected chi connectivity index (χ4v) is 3.39. The molecule has 2 amide bonds. The molecule has 0 saturated heterocycles. The zero-order valence-corrected chi connectivity index (χ0v) is 15.3. The Morgan fingerprint density at radius 1 is 1.00 bits per heavy atom. The summed E-state index contributed by atoms with van der Waals surface area (Å²) in [4.78, 5) is 28.9. The molecule has 2 N–H and O–H groups in total. The third-order valence-electron chi connectivity index (χ3n) is 3.76. The topological polar surface area (TPSA) is 71.1 Å². The molecule has 0 radical (unpaired) electrons. The van der Waals surface area contributed by atoms with Crippen LogP contribution in [0.3, 0.4) is 0 Å². The zero-order chi connectivity index (χ0) is 18.5. The van der Waals surface area contributed by atoms with Crippen LogP contribution in [0.4, 0.5) is 11.4 Å². The van der Waals surface area contributed by atoms with Crippen LogP contribution in [0.5, 0.6) is 0 Å². The Bertz CT molecular complexity index is 936. The number of hydrogen-bond donors (Lipinski definition) is 2. The molecule has 26 heavy (non-hydrogen) atoms. The maximum Gasteiger partial charge on any atom is 0.237 e. The van der Waals surface area contributed by atoms with E-state index in [1.807, 2.05) is 61.5 Å². The molecule has 1 unspecified atom stereocenters. The Morgan fingerprint density at radius 3 is 2.50 bits per heavy atom. The summed E-state index contributed by atoms with van der Waals surface area (Å²) in [6, 6.07) is 16.9. The summed E-state index contributed by atoms with van der Waals surface area (Å²) in [5.41, 5.74) is 2.34. The maximum atomic E-state index is 12.6. The van der Waals surface area contributed by atoms with Gasteiger partial charge in [-0.2, -0.15) is 0 Å². The van der Waals surface area contributed by atoms with Gasteiger partial charge in [0.15, 0.2) is 0 Å². The first-order chi connectivity index (χ1) is 12.5. The van der Waals surface area contributed by atoms with Crippen LogP contribution in [0.25, 0.3) is 10.9 Å². The minimum absolute atomic E-state index is 0.0720. The van der Waals surface area contributed by atoms with Gasteiger partial charge in [-0.15, -0.1) is 11.8 Å². The summed E-state index contributed by atoms with van der Waals surface area (Å²) < 4.78 is 0. The molecule has 1 aromatic heterocycles. The molecule has 3 aromatic rings. The summed E-state index contributed by atoms with van der Waals surface area (Å²) in [5, 5.41) is 6.36. The zero-order valence-electron chi connectivity index (χ0n) is 14.5. The van der Waals surface area contributed by atoms with Gasteiger partial charge < -0.3 is 10.6 Å². The van der Waals surface area contributed by atoms with E-state index < -0.39 is 0 Å². The van der Waals surface area contributed by atoms with Gasteiger partial charge in [0.2, 0.25) is 11.8 Å². The number of rotatable bonds is 5. The number of carbonyl (C=O) groups is 2. The highest BCUT2D eigenvalue weighted by Crippen LogP contribution is 2.27. The van der Waals surface area contributed by atoms with Crippen LogP contribution in [0.2, 0.25) is 0 Å². The van der Waals surface area contributed by atoms with Gasteiger partial charge in [-0.1, -0.05) is 6.07 Å². The molecule has 1 atom stereocenters. The highest BCUT2D eigenvalue weighted by molar-refractivity contribution is 8.00. The SMILES string of the molecule is CC(=O)Nc1ccc(SC(C)C(=O)Nc2cccc3ncccc23)cc1. The first-order valence-electron chi connectivity index (χ1n) is 8.22. The number of benzene rings is 2. The number of thioether (sulfide) groups is 1. The van der Waals surface area contributed by atoms with E-state index in [2.05, 4.69) is 15.6 Å². The van der Waals surface area contributed by atoms with Crippen molar-refractivity contribution >= 4 is 45.9 Å². The van der Waals surface area contributed by atoms with E-state index in [-0.39, 0.29) is 17.1 Å². The van der Waals surface area contributed by atoms with Gasteiger partial charge >= 0.3 is 0 Å². The van der Waals surface area contributed by atoms with Gasteiger partial charge in [0.05, 0.1) is 16.5 Å². The van der Waals surface area contributed by atoms with Crippen LogP contribution in [0, 0.1) is 0 Å². The molecule has 2 aromatic carbocycles.